The molecule has 0 aliphatic carbocycles. The molecule has 1 amide bonds. The molecule has 2 aliphatic rings. The second-order valence-electron chi connectivity index (χ2n) is 8.49. The summed E-state index contributed by atoms with van der Waals surface area (Å²) in [6.07, 6.45) is 0.0878. The van der Waals surface area contributed by atoms with Crippen molar-refractivity contribution in [3.8, 4) is 0 Å². The Labute approximate surface area is 213 Å². The predicted octanol–water partition coefficient (Wildman–Crippen LogP) is 4.78. The highest BCUT2D eigenvalue weighted by molar-refractivity contribution is 8.16. The number of non-ortho nitro benzene ring substituents is 1. The van der Waals surface area contributed by atoms with Crippen LogP contribution < -0.4 is 5.32 Å². The van der Waals surface area contributed by atoms with Crippen molar-refractivity contribution < 1.29 is 19.2 Å². The smallest absolute Gasteiger partial charge is 0.338 e. The average molecular weight is 507 g/mol. The summed E-state index contributed by atoms with van der Waals surface area (Å²) in [4.78, 5) is 43.5. The summed E-state index contributed by atoms with van der Waals surface area (Å²) in [7, 11) is 0. The van der Waals surface area contributed by atoms with Crippen LogP contribution in [0.25, 0.3) is 5.70 Å². The minimum absolute atomic E-state index is 0.0215. The molecule has 1 N–H and O–H groups in total. The summed E-state index contributed by atoms with van der Waals surface area (Å²) >= 11 is 1.37. The molecule has 0 spiro atoms. The van der Waals surface area contributed by atoms with Gasteiger partial charge in [-0.3, -0.25) is 14.9 Å². The molecule has 10 heteroatoms. The Morgan fingerprint density at radius 3 is 2.47 bits per heavy atom. The SMILES string of the molecule is CCOC(=O)C1=C(c2ccccc2)N=C2SC=C(CC(=O)NC(C)C)N2C1c1ccc([N+](=O)[O-])cc1. The number of esters is 1. The van der Waals surface area contributed by atoms with Crippen molar-refractivity contribution in [2.45, 2.75) is 39.3 Å². The Morgan fingerprint density at radius 2 is 1.86 bits per heavy atom. The van der Waals surface area contributed by atoms with E-state index < -0.39 is 16.9 Å². The molecule has 2 heterocycles. The van der Waals surface area contributed by atoms with Crippen LogP contribution in [-0.2, 0) is 14.3 Å². The number of nitro groups is 1. The fourth-order valence-corrected chi connectivity index (χ4v) is 5.04. The number of carbonyl (C=O) groups excluding carboxylic acids is 2. The summed E-state index contributed by atoms with van der Waals surface area (Å²) in [5.74, 6) is -0.693. The van der Waals surface area contributed by atoms with Gasteiger partial charge in [0, 0.05) is 29.4 Å². The first-order valence-corrected chi connectivity index (χ1v) is 12.4. The molecule has 2 aromatic rings. The van der Waals surface area contributed by atoms with Gasteiger partial charge in [-0.05, 0) is 43.9 Å². The fraction of sp³-hybridized carbons (Fsp3) is 0.269. The van der Waals surface area contributed by atoms with Gasteiger partial charge in [-0.1, -0.05) is 42.1 Å². The molecule has 1 unspecified atom stereocenters. The number of nitrogens with zero attached hydrogens (tertiary/aromatic N) is 3. The highest BCUT2D eigenvalue weighted by Gasteiger charge is 2.42. The van der Waals surface area contributed by atoms with Crippen molar-refractivity contribution >= 4 is 40.2 Å². The highest BCUT2D eigenvalue weighted by atomic mass is 32.2. The zero-order valence-corrected chi connectivity index (χ0v) is 21.0. The summed E-state index contributed by atoms with van der Waals surface area (Å²) in [5, 5.41) is 16.6. The number of amidine groups is 1. The predicted molar refractivity (Wildman–Crippen MR) is 139 cm³/mol. The van der Waals surface area contributed by atoms with Gasteiger partial charge in [-0.25, -0.2) is 9.79 Å². The Balaban J connectivity index is 1.87. The van der Waals surface area contributed by atoms with E-state index in [1.165, 1.54) is 23.9 Å². The molecular weight excluding hydrogens is 480 g/mol. The molecule has 0 radical (unpaired) electrons. The third-order valence-corrected chi connectivity index (χ3v) is 6.45. The normalized spacial score (nSPS) is 16.9. The molecule has 0 bridgehead atoms. The monoisotopic (exact) mass is 506 g/mol. The van der Waals surface area contributed by atoms with Crippen molar-refractivity contribution in [2.75, 3.05) is 6.61 Å². The van der Waals surface area contributed by atoms with Gasteiger partial charge in [0.1, 0.15) is 0 Å². The Bertz CT molecular complexity index is 1270. The lowest BCUT2D eigenvalue weighted by Crippen LogP contribution is -2.38. The van der Waals surface area contributed by atoms with E-state index >= 15 is 0 Å². The number of hydrogen-bond donors (Lipinski definition) is 1. The molecule has 9 nitrogen and oxygen atoms in total. The quantitative estimate of drug-likeness (QED) is 0.311. The Kier molecular flexibility index (Phi) is 7.54. The van der Waals surface area contributed by atoms with E-state index in [-0.39, 0.29) is 30.7 Å². The van der Waals surface area contributed by atoms with E-state index in [0.717, 1.165) is 5.56 Å². The van der Waals surface area contributed by atoms with Gasteiger partial charge < -0.3 is 15.0 Å². The number of thioether (sulfide) groups is 1. The number of nitro benzene ring substituents is 1. The van der Waals surface area contributed by atoms with Crippen molar-refractivity contribution in [2.24, 2.45) is 4.99 Å². The van der Waals surface area contributed by atoms with Crippen LogP contribution in [0.2, 0.25) is 0 Å². The summed E-state index contributed by atoms with van der Waals surface area (Å²) in [6.45, 7) is 5.67. The number of benzene rings is 2. The van der Waals surface area contributed by atoms with Gasteiger partial charge in [-0.2, -0.15) is 0 Å². The Hall–Kier alpha value is -3.92. The van der Waals surface area contributed by atoms with Crippen LogP contribution in [0, 0.1) is 10.1 Å². The van der Waals surface area contributed by atoms with Crippen LogP contribution in [0.1, 0.15) is 44.4 Å². The van der Waals surface area contributed by atoms with E-state index in [2.05, 4.69) is 5.32 Å². The maximum absolute atomic E-state index is 13.4. The average Bonchev–Trinajstić information content (AvgIpc) is 3.25. The number of fused-ring (bicyclic) bond motifs is 1. The molecule has 2 aromatic carbocycles. The highest BCUT2D eigenvalue weighted by Crippen LogP contribution is 2.47. The largest absolute Gasteiger partial charge is 0.463 e. The van der Waals surface area contributed by atoms with Crippen LogP contribution in [0.15, 0.2) is 76.3 Å². The number of aliphatic imine (C=N–C) groups is 1. The number of carbonyl (C=O) groups is 2. The molecule has 2 aliphatic heterocycles. The maximum atomic E-state index is 13.4. The first kappa shape index (κ1) is 25.2. The first-order valence-electron chi connectivity index (χ1n) is 11.5. The number of rotatable bonds is 8. The summed E-state index contributed by atoms with van der Waals surface area (Å²) in [5.41, 5.74) is 2.77. The van der Waals surface area contributed by atoms with Crippen molar-refractivity contribution in [1.82, 2.24) is 10.2 Å². The van der Waals surface area contributed by atoms with Crippen LogP contribution in [0.4, 0.5) is 5.69 Å². The van der Waals surface area contributed by atoms with E-state index in [9.17, 15) is 19.7 Å². The lowest BCUT2D eigenvalue weighted by molar-refractivity contribution is -0.384. The van der Waals surface area contributed by atoms with E-state index in [1.807, 2.05) is 54.5 Å². The first-order chi connectivity index (χ1) is 17.3. The number of ether oxygens (including phenoxy) is 1. The van der Waals surface area contributed by atoms with Crippen LogP contribution in [0.5, 0.6) is 0 Å². The van der Waals surface area contributed by atoms with Gasteiger partial charge in [0.2, 0.25) is 5.91 Å². The standard InChI is InChI=1S/C26H26N4O5S/c1-4-35-25(32)22-23(17-8-6-5-7-9-17)28-26-29(20(15-36-26)14-21(31)27-16(2)3)24(22)18-10-12-19(13-11-18)30(33)34/h5-13,15-16,24H,4,14H2,1-3H3,(H,27,31). The third kappa shape index (κ3) is 5.18. The van der Waals surface area contributed by atoms with Crippen molar-refractivity contribution in [1.29, 1.82) is 0 Å². The molecule has 4 rings (SSSR count). The van der Waals surface area contributed by atoms with Gasteiger partial charge in [-0.15, -0.1) is 0 Å². The topological polar surface area (TPSA) is 114 Å². The molecule has 186 valence electrons. The van der Waals surface area contributed by atoms with Crippen LogP contribution in [0.3, 0.4) is 0 Å². The minimum atomic E-state index is -0.694. The van der Waals surface area contributed by atoms with Crippen LogP contribution >= 0.6 is 11.8 Å². The van der Waals surface area contributed by atoms with E-state index in [0.29, 0.717) is 27.7 Å². The van der Waals surface area contributed by atoms with Gasteiger partial charge >= 0.3 is 5.97 Å². The van der Waals surface area contributed by atoms with E-state index in [1.54, 1.807) is 19.1 Å². The Morgan fingerprint density at radius 1 is 1.17 bits per heavy atom. The van der Waals surface area contributed by atoms with Gasteiger partial charge in [0.15, 0.2) is 5.17 Å². The zero-order chi connectivity index (χ0) is 25.8. The van der Waals surface area contributed by atoms with Gasteiger partial charge in [0.05, 0.1) is 35.3 Å². The molecule has 36 heavy (non-hydrogen) atoms. The lowest BCUT2D eigenvalue weighted by atomic mass is 9.91. The molecular formula is C26H26N4O5S. The second-order valence-corrected chi connectivity index (χ2v) is 9.33. The summed E-state index contributed by atoms with van der Waals surface area (Å²) < 4.78 is 5.46. The number of amides is 1. The molecule has 0 saturated heterocycles. The number of nitrogens with one attached hydrogen (secondary N) is 1. The van der Waals surface area contributed by atoms with E-state index in [4.69, 9.17) is 9.73 Å². The van der Waals surface area contributed by atoms with Crippen LogP contribution in [-0.4, -0.2) is 39.5 Å². The third-order valence-electron chi connectivity index (χ3n) is 5.56. The molecule has 0 saturated carbocycles. The zero-order valence-electron chi connectivity index (χ0n) is 20.1. The van der Waals surface area contributed by atoms with Crippen molar-refractivity contribution in [3.63, 3.8) is 0 Å². The fourth-order valence-electron chi connectivity index (χ4n) is 4.12. The number of hydrogen-bond acceptors (Lipinski definition) is 8. The van der Waals surface area contributed by atoms with Gasteiger partial charge in [0.25, 0.3) is 5.69 Å². The van der Waals surface area contributed by atoms with Crippen molar-refractivity contribution in [3.05, 3.63) is 92.5 Å². The summed E-state index contributed by atoms with van der Waals surface area (Å²) in [6, 6.07) is 14.7. The maximum Gasteiger partial charge on any atom is 0.338 e. The second kappa shape index (κ2) is 10.8. The lowest BCUT2D eigenvalue weighted by Gasteiger charge is -2.36. The molecule has 1 atom stereocenters. The molecule has 0 fully saturated rings. The molecule has 0 aromatic heterocycles. The minimum Gasteiger partial charge on any atom is -0.463 e.